The molecule has 1 aromatic carbocycles. The lowest BCUT2D eigenvalue weighted by Gasteiger charge is -2.10. The lowest BCUT2D eigenvalue weighted by atomic mass is 10.2. The molecule has 80 valence electrons. The molecule has 0 aliphatic rings. The highest BCUT2D eigenvalue weighted by molar-refractivity contribution is 5.45. The zero-order chi connectivity index (χ0) is 11.1. The van der Waals surface area contributed by atoms with Crippen molar-refractivity contribution in [1.82, 2.24) is 0 Å². The Morgan fingerprint density at radius 2 is 1.14 bits per heavy atom. The van der Waals surface area contributed by atoms with Crippen LogP contribution in [-0.4, -0.2) is 13.2 Å². The molecule has 0 unspecified atom stereocenters. The van der Waals surface area contributed by atoms with Gasteiger partial charge in [-0.15, -0.1) is 0 Å². The molecule has 1 aromatic rings. The summed E-state index contributed by atoms with van der Waals surface area (Å²) >= 11 is 0. The Bertz CT molecular complexity index is 300. The van der Waals surface area contributed by atoms with Crippen molar-refractivity contribution in [2.24, 2.45) is 0 Å². The van der Waals surface area contributed by atoms with E-state index in [2.05, 4.69) is 0 Å². The number of rotatable bonds is 4. The first-order chi connectivity index (χ1) is 6.72. The lowest BCUT2D eigenvalue weighted by molar-refractivity contribution is 0.274. The van der Waals surface area contributed by atoms with Crippen LogP contribution in [0.5, 0.6) is 11.5 Å². The predicted octanol–water partition coefficient (Wildman–Crippen LogP) is 1.11. The highest BCUT2D eigenvalue weighted by Gasteiger charge is 2.23. The SMILES string of the molecule is CC.CCOc1c(OCC)c(=O)c1=O. The van der Waals surface area contributed by atoms with Gasteiger partial charge in [0, 0.05) is 0 Å². The van der Waals surface area contributed by atoms with Crippen LogP contribution in [0, 0.1) is 0 Å². The van der Waals surface area contributed by atoms with Crippen LogP contribution in [0.4, 0.5) is 0 Å². The minimum Gasteiger partial charge on any atom is -0.486 e. The van der Waals surface area contributed by atoms with Gasteiger partial charge in [0.15, 0.2) is 0 Å². The molecule has 0 atom stereocenters. The average molecular weight is 200 g/mol. The Hall–Kier alpha value is -1.32. The van der Waals surface area contributed by atoms with Gasteiger partial charge >= 0.3 is 0 Å². The number of hydrogen-bond donors (Lipinski definition) is 0. The molecule has 0 radical (unpaired) electrons. The van der Waals surface area contributed by atoms with Crippen LogP contribution >= 0.6 is 0 Å². The third-order valence-electron chi connectivity index (χ3n) is 1.40. The quantitative estimate of drug-likeness (QED) is 0.683. The minimum absolute atomic E-state index is 0.0735. The normalized spacial score (nSPS) is 9.14. The van der Waals surface area contributed by atoms with E-state index in [0.29, 0.717) is 13.2 Å². The fourth-order valence-corrected chi connectivity index (χ4v) is 0.901. The summed E-state index contributed by atoms with van der Waals surface area (Å²) in [5.41, 5.74) is -1.17. The van der Waals surface area contributed by atoms with E-state index >= 15 is 0 Å². The molecule has 0 spiro atoms. The van der Waals surface area contributed by atoms with Crippen LogP contribution in [0.1, 0.15) is 27.7 Å². The van der Waals surface area contributed by atoms with Crippen LogP contribution in [0.15, 0.2) is 9.59 Å². The van der Waals surface area contributed by atoms with E-state index in [-0.39, 0.29) is 11.5 Å². The van der Waals surface area contributed by atoms with Crippen LogP contribution in [0.25, 0.3) is 0 Å². The van der Waals surface area contributed by atoms with Crippen molar-refractivity contribution < 1.29 is 9.47 Å². The summed E-state index contributed by atoms with van der Waals surface area (Å²) in [5.74, 6) is 0.147. The number of ether oxygens (including phenoxy) is 2. The van der Waals surface area contributed by atoms with E-state index in [0.717, 1.165) is 0 Å². The first kappa shape index (κ1) is 12.7. The van der Waals surface area contributed by atoms with Crippen LogP contribution in [0.2, 0.25) is 0 Å². The molecule has 0 N–H and O–H groups in total. The molecule has 1 rings (SSSR count). The van der Waals surface area contributed by atoms with Crippen molar-refractivity contribution in [3.8, 4) is 11.5 Å². The first-order valence-electron chi connectivity index (χ1n) is 4.81. The Morgan fingerprint density at radius 3 is 1.36 bits per heavy atom. The largest absolute Gasteiger partial charge is 0.486 e. The Kier molecular flexibility index (Phi) is 5.60. The van der Waals surface area contributed by atoms with Crippen molar-refractivity contribution in [3.05, 3.63) is 20.4 Å². The predicted molar refractivity (Wildman–Crippen MR) is 55.0 cm³/mol. The van der Waals surface area contributed by atoms with Crippen molar-refractivity contribution in [3.63, 3.8) is 0 Å². The van der Waals surface area contributed by atoms with Gasteiger partial charge in [0.2, 0.25) is 11.5 Å². The van der Waals surface area contributed by atoms with Gasteiger partial charge in [-0.25, -0.2) is 0 Å². The maximum atomic E-state index is 10.8. The molecule has 0 fully saturated rings. The van der Waals surface area contributed by atoms with Gasteiger partial charge in [0.25, 0.3) is 10.9 Å². The molecule has 0 saturated carbocycles. The molecule has 0 heterocycles. The van der Waals surface area contributed by atoms with E-state index < -0.39 is 10.9 Å². The molecule has 4 nitrogen and oxygen atoms in total. The molecule has 14 heavy (non-hydrogen) atoms. The molecule has 0 bridgehead atoms. The maximum Gasteiger partial charge on any atom is 0.275 e. The molecular formula is C10H16O4. The Morgan fingerprint density at radius 1 is 0.857 bits per heavy atom. The fraction of sp³-hybridized carbons (Fsp3) is 0.600. The highest BCUT2D eigenvalue weighted by atomic mass is 16.5. The zero-order valence-corrected chi connectivity index (χ0v) is 9.05. The standard InChI is InChI=1S/C8H10O4.C2H6/c1-3-11-7-5(9)6(10)8(7)12-4-2;1-2/h3-4H2,1-2H3;1-2H3. The summed E-state index contributed by atoms with van der Waals surface area (Å²) in [6, 6.07) is 0. The maximum absolute atomic E-state index is 10.8. The highest BCUT2D eigenvalue weighted by Crippen LogP contribution is 2.19. The summed E-state index contributed by atoms with van der Waals surface area (Å²) in [4.78, 5) is 21.6. The van der Waals surface area contributed by atoms with Crippen molar-refractivity contribution in [1.29, 1.82) is 0 Å². The Balaban J connectivity index is 0.000000791. The van der Waals surface area contributed by atoms with E-state index in [1.54, 1.807) is 13.8 Å². The van der Waals surface area contributed by atoms with Crippen LogP contribution in [0.3, 0.4) is 0 Å². The summed E-state index contributed by atoms with van der Waals surface area (Å²) in [6.45, 7) is 8.22. The van der Waals surface area contributed by atoms with Gasteiger partial charge in [-0.2, -0.15) is 0 Å². The molecule has 0 aromatic heterocycles. The summed E-state index contributed by atoms with van der Waals surface area (Å²) in [5, 5.41) is 0. The monoisotopic (exact) mass is 200 g/mol. The summed E-state index contributed by atoms with van der Waals surface area (Å²) in [7, 11) is 0. The fourth-order valence-electron chi connectivity index (χ4n) is 0.901. The smallest absolute Gasteiger partial charge is 0.275 e. The second-order valence-electron chi connectivity index (χ2n) is 2.18. The minimum atomic E-state index is -0.583. The van der Waals surface area contributed by atoms with E-state index in [1.807, 2.05) is 13.8 Å². The average Bonchev–Trinajstić information content (AvgIpc) is 2.25. The first-order valence-corrected chi connectivity index (χ1v) is 4.81. The van der Waals surface area contributed by atoms with Gasteiger partial charge in [0.1, 0.15) is 0 Å². The van der Waals surface area contributed by atoms with E-state index in [4.69, 9.17) is 9.47 Å². The van der Waals surface area contributed by atoms with Crippen molar-refractivity contribution in [2.45, 2.75) is 27.7 Å². The topological polar surface area (TPSA) is 52.6 Å². The summed E-state index contributed by atoms with van der Waals surface area (Å²) < 4.78 is 9.82. The van der Waals surface area contributed by atoms with E-state index in [1.165, 1.54) is 0 Å². The summed E-state index contributed by atoms with van der Waals surface area (Å²) in [6.07, 6.45) is 0. The third-order valence-corrected chi connectivity index (χ3v) is 1.40. The number of hydrogen-bond acceptors (Lipinski definition) is 4. The third kappa shape index (κ3) is 2.34. The van der Waals surface area contributed by atoms with Gasteiger partial charge in [-0.05, 0) is 13.8 Å². The van der Waals surface area contributed by atoms with Crippen molar-refractivity contribution >= 4 is 0 Å². The van der Waals surface area contributed by atoms with Gasteiger partial charge < -0.3 is 9.47 Å². The second-order valence-corrected chi connectivity index (χ2v) is 2.18. The molecule has 0 amide bonds. The lowest BCUT2D eigenvalue weighted by Crippen LogP contribution is -2.34. The van der Waals surface area contributed by atoms with Crippen LogP contribution in [-0.2, 0) is 0 Å². The molecule has 0 aliphatic heterocycles. The molecule has 4 heteroatoms. The van der Waals surface area contributed by atoms with E-state index in [9.17, 15) is 9.59 Å². The Labute approximate surface area is 83.2 Å². The van der Waals surface area contributed by atoms with Crippen LogP contribution < -0.4 is 20.3 Å². The van der Waals surface area contributed by atoms with Gasteiger partial charge in [0.05, 0.1) is 13.2 Å². The molecular weight excluding hydrogens is 184 g/mol. The molecule has 0 saturated heterocycles. The van der Waals surface area contributed by atoms with Gasteiger partial charge in [-0.1, -0.05) is 13.8 Å². The van der Waals surface area contributed by atoms with Gasteiger partial charge in [-0.3, -0.25) is 9.59 Å². The second kappa shape index (κ2) is 6.18. The van der Waals surface area contributed by atoms with Crippen molar-refractivity contribution in [2.75, 3.05) is 13.2 Å². The molecule has 0 aliphatic carbocycles. The zero-order valence-electron chi connectivity index (χ0n) is 9.05.